The van der Waals surface area contributed by atoms with Crippen LogP contribution in [-0.4, -0.2) is 24.4 Å². The first kappa shape index (κ1) is 14.0. The molecular weight excluding hydrogens is 236 g/mol. The summed E-state index contributed by atoms with van der Waals surface area (Å²) in [7, 11) is 0. The molecule has 0 saturated heterocycles. The van der Waals surface area contributed by atoms with Gasteiger partial charge < -0.3 is 11.1 Å². The summed E-state index contributed by atoms with van der Waals surface area (Å²) in [5.74, 6) is -0.0479. The van der Waals surface area contributed by atoms with Crippen molar-refractivity contribution < 1.29 is 4.79 Å². The van der Waals surface area contributed by atoms with Crippen molar-refractivity contribution >= 4 is 17.5 Å². The van der Waals surface area contributed by atoms with Crippen LogP contribution < -0.4 is 11.1 Å². The van der Waals surface area contributed by atoms with E-state index >= 15 is 0 Å². The number of carbonyl (C=O) groups excluding carboxylic acids is 1. The van der Waals surface area contributed by atoms with Crippen LogP contribution in [0.1, 0.15) is 29.6 Å². The Labute approximate surface area is 107 Å². The summed E-state index contributed by atoms with van der Waals surface area (Å²) in [6.07, 6.45) is 2.61. The molecule has 94 valence electrons. The number of carbonyl (C=O) groups is 1. The molecule has 0 spiro atoms. The van der Waals surface area contributed by atoms with E-state index in [-0.39, 0.29) is 11.3 Å². The molecule has 0 saturated carbocycles. The van der Waals surface area contributed by atoms with Crippen LogP contribution in [0.4, 0.5) is 0 Å². The van der Waals surface area contributed by atoms with Gasteiger partial charge in [0.1, 0.15) is 0 Å². The largest absolute Gasteiger partial charge is 0.352 e. The Kier molecular flexibility index (Phi) is 6.67. The molecule has 1 aromatic rings. The molecule has 0 aliphatic heterocycles. The number of hydrogen-bond donors (Lipinski definition) is 2. The van der Waals surface area contributed by atoms with Gasteiger partial charge in [-0.05, 0) is 37.9 Å². The molecule has 17 heavy (non-hydrogen) atoms. The van der Waals surface area contributed by atoms with Crippen LogP contribution in [0.2, 0.25) is 0 Å². The van der Waals surface area contributed by atoms with E-state index in [1.165, 1.54) is 0 Å². The molecule has 0 aliphatic rings. The number of benzene rings is 1. The van der Waals surface area contributed by atoms with E-state index < -0.39 is 0 Å². The third-order valence-corrected chi connectivity index (χ3v) is 2.94. The lowest BCUT2D eigenvalue weighted by Crippen LogP contribution is -2.26. The van der Waals surface area contributed by atoms with Crippen molar-refractivity contribution in [3.8, 4) is 0 Å². The van der Waals surface area contributed by atoms with Crippen LogP contribution in [0.5, 0.6) is 0 Å². The van der Waals surface area contributed by atoms with Gasteiger partial charge in [-0.25, -0.2) is 0 Å². The minimum absolute atomic E-state index is 0.0479. The first-order chi connectivity index (χ1) is 8.24. The van der Waals surface area contributed by atoms with E-state index in [2.05, 4.69) is 5.32 Å². The summed E-state index contributed by atoms with van der Waals surface area (Å²) in [6, 6.07) is 9.17. The second kappa shape index (κ2) is 8.09. The summed E-state index contributed by atoms with van der Waals surface area (Å²) >= 11 is 6.08. The Hall–Kier alpha value is -1.06. The van der Waals surface area contributed by atoms with Crippen LogP contribution in [0, 0.1) is 0 Å². The van der Waals surface area contributed by atoms with Crippen LogP contribution >= 0.6 is 11.6 Å². The molecule has 0 radical (unpaired) electrons. The topological polar surface area (TPSA) is 55.1 Å². The lowest BCUT2D eigenvalue weighted by Gasteiger charge is -2.09. The van der Waals surface area contributed by atoms with Gasteiger partial charge in [0.2, 0.25) is 0 Å². The number of amides is 1. The average Bonchev–Trinajstić information content (AvgIpc) is 2.37. The molecule has 0 bridgehead atoms. The maximum absolute atomic E-state index is 11.7. The normalized spacial score (nSPS) is 12.1. The first-order valence-corrected chi connectivity index (χ1v) is 6.35. The molecule has 0 aromatic heterocycles. The zero-order chi connectivity index (χ0) is 12.5. The van der Waals surface area contributed by atoms with Crippen molar-refractivity contribution in [2.75, 3.05) is 13.1 Å². The molecule has 1 rings (SSSR count). The number of alkyl halides is 1. The third-order valence-electron chi connectivity index (χ3n) is 2.50. The van der Waals surface area contributed by atoms with E-state index in [0.717, 1.165) is 19.3 Å². The van der Waals surface area contributed by atoms with E-state index in [1.807, 2.05) is 18.2 Å². The van der Waals surface area contributed by atoms with Gasteiger partial charge in [-0.2, -0.15) is 0 Å². The SMILES string of the molecule is NCCCC(Cl)CCNC(=O)c1ccccc1. The Morgan fingerprint density at radius 3 is 2.65 bits per heavy atom. The van der Waals surface area contributed by atoms with Crippen molar-refractivity contribution in [3.63, 3.8) is 0 Å². The zero-order valence-electron chi connectivity index (χ0n) is 9.86. The second-order valence-electron chi connectivity index (χ2n) is 3.94. The minimum atomic E-state index is -0.0479. The van der Waals surface area contributed by atoms with Crippen molar-refractivity contribution in [2.24, 2.45) is 5.73 Å². The summed E-state index contributed by atoms with van der Waals surface area (Å²) in [5, 5.41) is 2.94. The molecule has 0 aliphatic carbocycles. The summed E-state index contributed by atoms with van der Waals surface area (Å²) in [6.45, 7) is 1.27. The predicted molar refractivity (Wildman–Crippen MR) is 71.3 cm³/mol. The molecule has 0 heterocycles. The van der Waals surface area contributed by atoms with Gasteiger partial charge in [-0.1, -0.05) is 18.2 Å². The number of hydrogen-bond acceptors (Lipinski definition) is 2. The molecule has 3 N–H and O–H groups in total. The van der Waals surface area contributed by atoms with Gasteiger partial charge in [0.15, 0.2) is 0 Å². The number of halogens is 1. The highest BCUT2D eigenvalue weighted by atomic mass is 35.5. The fraction of sp³-hybridized carbons (Fsp3) is 0.462. The van der Waals surface area contributed by atoms with Gasteiger partial charge in [-0.15, -0.1) is 11.6 Å². The van der Waals surface area contributed by atoms with Crippen LogP contribution in [0.15, 0.2) is 30.3 Å². The van der Waals surface area contributed by atoms with Gasteiger partial charge in [0, 0.05) is 17.5 Å². The van der Waals surface area contributed by atoms with Crippen molar-refractivity contribution in [1.29, 1.82) is 0 Å². The highest BCUT2D eigenvalue weighted by molar-refractivity contribution is 6.20. The van der Waals surface area contributed by atoms with E-state index in [0.29, 0.717) is 18.7 Å². The molecule has 3 nitrogen and oxygen atoms in total. The predicted octanol–water partition coefficient (Wildman–Crippen LogP) is 2.15. The highest BCUT2D eigenvalue weighted by Crippen LogP contribution is 2.08. The monoisotopic (exact) mass is 254 g/mol. The second-order valence-corrected chi connectivity index (χ2v) is 4.56. The van der Waals surface area contributed by atoms with Crippen LogP contribution in [0.25, 0.3) is 0 Å². The molecule has 1 amide bonds. The van der Waals surface area contributed by atoms with Crippen molar-refractivity contribution in [3.05, 3.63) is 35.9 Å². The number of rotatable bonds is 7. The standard InChI is InChI=1S/C13H19ClN2O/c14-12(7-4-9-15)8-10-16-13(17)11-5-2-1-3-6-11/h1-3,5-6,12H,4,7-10,15H2,(H,16,17). The van der Waals surface area contributed by atoms with Gasteiger partial charge in [0.25, 0.3) is 5.91 Å². The van der Waals surface area contributed by atoms with Gasteiger partial charge in [-0.3, -0.25) is 4.79 Å². The average molecular weight is 255 g/mol. The summed E-state index contributed by atoms with van der Waals surface area (Å²) < 4.78 is 0. The number of nitrogens with one attached hydrogen (secondary N) is 1. The molecule has 1 atom stereocenters. The van der Waals surface area contributed by atoms with E-state index in [4.69, 9.17) is 17.3 Å². The summed E-state index contributed by atoms with van der Waals surface area (Å²) in [5.41, 5.74) is 6.08. The number of nitrogens with two attached hydrogens (primary N) is 1. The molecule has 4 heteroatoms. The Morgan fingerprint density at radius 2 is 2.00 bits per heavy atom. The lowest BCUT2D eigenvalue weighted by atomic mass is 10.1. The summed E-state index contributed by atoms with van der Waals surface area (Å²) in [4.78, 5) is 11.7. The quantitative estimate of drug-likeness (QED) is 0.733. The maximum atomic E-state index is 11.7. The van der Waals surface area contributed by atoms with Crippen molar-refractivity contribution in [1.82, 2.24) is 5.32 Å². The maximum Gasteiger partial charge on any atom is 0.251 e. The Balaban J connectivity index is 2.21. The third kappa shape index (κ3) is 5.71. The van der Waals surface area contributed by atoms with Crippen molar-refractivity contribution in [2.45, 2.75) is 24.6 Å². The Bertz CT molecular complexity index is 329. The molecule has 1 aromatic carbocycles. The molecule has 1 unspecified atom stereocenters. The molecule has 0 fully saturated rings. The van der Waals surface area contributed by atoms with E-state index in [9.17, 15) is 4.79 Å². The van der Waals surface area contributed by atoms with Gasteiger partial charge in [0.05, 0.1) is 0 Å². The van der Waals surface area contributed by atoms with Crippen LogP contribution in [0.3, 0.4) is 0 Å². The molecular formula is C13H19ClN2O. The highest BCUT2D eigenvalue weighted by Gasteiger charge is 2.06. The zero-order valence-corrected chi connectivity index (χ0v) is 10.6. The first-order valence-electron chi connectivity index (χ1n) is 5.91. The fourth-order valence-corrected chi connectivity index (χ4v) is 1.78. The van der Waals surface area contributed by atoms with Crippen LogP contribution in [-0.2, 0) is 0 Å². The van der Waals surface area contributed by atoms with E-state index in [1.54, 1.807) is 12.1 Å². The smallest absolute Gasteiger partial charge is 0.251 e. The van der Waals surface area contributed by atoms with Gasteiger partial charge >= 0.3 is 0 Å². The Morgan fingerprint density at radius 1 is 1.29 bits per heavy atom. The fourth-order valence-electron chi connectivity index (χ4n) is 1.52. The minimum Gasteiger partial charge on any atom is -0.352 e. The lowest BCUT2D eigenvalue weighted by molar-refractivity contribution is 0.0953.